The van der Waals surface area contributed by atoms with Crippen LogP contribution in [0, 0.1) is 20.8 Å². The second-order valence-electron chi connectivity index (χ2n) is 8.84. The normalized spacial score (nSPS) is 17.9. The molecular weight excluding hydrogens is 436 g/mol. The van der Waals surface area contributed by atoms with Gasteiger partial charge in [0.2, 0.25) is 0 Å². The van der Waals surface area contributed by atoms with E-state index < -0.39 is 17.5 Å². The van der Waals surface area contributed by atoms with Crippen LogP contribution in [0.15, 0.2) is 40.9 Å². The van der Waals surface area contributed by atoms with Gasteiger partial charge in [-0.15, -0.1) is 0 Å². The molecule has 3 heterocycles. The van der Waals surface area contributed by atoms with E-state index in [4.69, 9.17) is 9.26 Å². The first-order valence-corrected chi connectivity index (χ1v) is 11.1. The Hall–Kier alpha value is -3.88. The number of hydrogen-bond acceptors (Lipinski definition) is 6. The topological polar surface area (TPSA) is 107 Å². The number of benzene rings is 1. The molecular formula is C25H28N4O5. The molecule has 178 valence electrons. The summed E-state index contributed by atoms with van der Waals surface area (Å²) in [6.45, 7) is 6.82. The van der Waals surface area contributed by atoms with Crippen LogP contribution < -0.4 is 10.1 Å². The van der Waals surface area contributed by atoms with Gasteiger partial charge < -0.3 is 14.6 Å². The number of aryl methyl sites for hydroxylation is 3. The third kappa shape index (κ3) is 4.21. The molecule has 1 aromatic carbocycles. The molecule has 3 aromatic rings. The zero-order chi connectivity index (χ0) is 24.6. The van der Waals surface area contributed by atoms with E-state index in [1.807, 2.05) is 35.8 Å². The zero-order valence-corrected chi connectivity index (χ0v) is 20.0. The van der Waals surface area contributed by atoms with Crippen molar-refractivity contribution in [2.75, 3.05) is 13.7 Å². The summed E-state index contributed by atoms with van der Waals surface area (Å²) in [5.74, 6) is 1.27. The summed E-state index contributed by atoms with van der Waals surface area (Å²) in [6.07, 6.45) is 1.00. The van der Waals surface area contributed by atoms with Crippen LogP contribution in [0.4, 0.5) is 4.79 Å². The van der Waals surface area contributed by atoms with Gasteiger partial charge in [0, 0.05) is 23.0 Å². The Morgan fingerprint density at radius 3 is 2.47 bits per heavy atom. The number of methoxy groups -OCH3 is 1. The number of imide groups is 1. The minimum atomic E-state index is -1.08. The minimum Gasteiger partial charge on any atom is -0.497 e. The molecule has 3 amide bonds. The largest absolute Gasteiger partial charge is 0.497 e. The van der Waals surface area contributed by atoms with Gasteiger partial charge in [-0.2, -0.15) is 0 Å². The van der Waals surface area contributed by atoms with Crippen molar-refractivity contribution in [2.45, 2.75) is 46.1 Å². The number of rotatable bonds is 8. The number of Topliss-reactive ketones (excluding diaryl/α,β-unsaturated/α-hetero) is 1. The molecule has 1 aliphatic rings. The molecule has 0 bridgehead atoms. The highest BCUT2D eigenvalue weighted by atomic mass is 16.5. The molecule has 1 fully saturated rings. The summed E-state index contributed by atoms with van der Waals surface area (Å²) in [7, 11) is 1.60. The molecule has 2 aromatic heterocycles. The molecule has 34 heavy (non-hydrogen) atoms. The number of ketones is 1. The van der Waals surface area contributed by atoms with Crippen LogP contribution in [0.3, 0.4) is 0 Å². The van der Waals surface area contributed by atoms with Crippen molar-refractivity contribution in [1.82, 2.24) is 19.9 Å². The molecule has 0 spiro atoms. The van der Waals surface area contributed by atoms with Gasteiger partial charge in [0.15, 0.2) is 11.6 Å². The predicted octanol–water partition coefficient (Wildman–Crippen LogP) is 3.53. The first-order chi connectivity index (χ1) is 16.1. The number of amides is 3. The van der Waals surface area contributed by atoms with Gasteiger partial charge in [-0.05, 0) is 64.3 Å². The Labute approximate surface area is 197 Å². The first-order valence-electron chi connectivity index (χ1n) is 11.1. The maximum absolute atomic E-state index is 13.2. The number of nitrogens with zero attached hydrogens (tertiary/aromatic N) is 3. The van der Waals surface area contributed by atoms with Crippen molar-refractivity contribution in [3.8, 4) is 11.6 Å². The standard InChI is InChI=1S/C25H28N4O5/c1-15-12-20(17(3)29(15)22-13-16(2)34-27-22)21(30)14-28-23(31)25(4,26-24(28)32)11-10-18-6-8-19(33-5)9-7-18/h6-9,12-13H,10-11,14H2,1-5H3,(H,26,32)/t25-/m1/s1. The monoisotopic (exact) mass is 464 g/mol. The van der Waals surface area contributed by atoms with Crippen molar-refractivity contribution in [1.29, 1.82) is 0 Å². The summed E-state index contributed by atoms with van der Waals surface area (Å²) >= 11 is 0. The quantitative estimate of drug-likeness (QED) is 0.404. The van der Waals surface area contributed by atoms with E-state index in [0.29, 0.717) is 35.7 Å². The smallest absolute Gasteiger partial charge is 0.325 e. The van der Waals surface area contributed by atoms with E-state index >= 15 is 0 Å². The van der Waals surface area contributed by atoms with Crippen LogP contribution in [0.1, 0.15) is 46.4 Å². The lowest BCUT2D eigenvalue weighted by molar-refractivity contribution is -0.130. The number of carbonyl (C=O) groups is 3. The zero-order valence-electron chi connectivity index (χ0n) is 20.0. The van der Waals surface area contributed by atoms with Crippen LogP contribution in [0.5, 0.6) is 5.75 Å². The summed E-state index contributed by atoms with van der Waals surface area (Å²) in [5, 5.41) is 6.80. The van der Waals surface area contributed by atoms with E-state index in [-0.39, 0.29) is 12.3 Å². The van der Waals surface area contributed by atoms with Crippen LogP contribution in [-0.4, -0.2) is 51.5 Å². The fraction of sp³-hybridized carbons (Fsp3) is 0.360. The van der Waals surface area contributed by atoms with Gasteiger partial charge in [0.25, 0.3) is 5.91 Å². The SMILES string of the molecule is COc1ccc(CC[C@@]2(C)NC(=O)N(CC(=O)c3cc(C)n(-c4cc(C)on4)c3C)C2=O)cc1. The van der Waals surface area contributed by atoms with Crippen LogP contribution in [0.25, 0.3) is 5.82 Å². The maximum atomic E-state index is 13.2. The molecule has 0 saturated carbocycles. The highest BCUT2D eigenvalue weighted by Gasteiger charge is 2.48. The lowest BCUT2D eigenvalue weighted by atomic mass is 9.93. The molecule has 9 heteroatoms. The Kier molecular flexibility index (Phi) is 6.03. The average molecular weight is 465 g/mol. The van der Waals surface area contributed by atoms with Crippen LogP contribution >= 0.6 is 0 Å². The van der Waals surface area contributed by atoms with Gasteiger partial charge in [-0.1, -0.05) is 17.3 Å². The van der Waals surface area contributed by atoms with Crippen LogP contribution in [0.2, 0.25) is 0 Å². The summed E-state index contributed by atoms with van der Waals surface area (Å²) in [5.41, 5.74) is 1.85. The second kappa shape index (κ2) is 8.81. The van der Waals surface area contributed by atoms with E-state index in [0.717, 1.165) is 21.9 Å². The maximum Gasteiger partial charge on any atom is 0.325 e. The summed E-state index contributed by atoms with van der Waals surface area (Å²) < 4.78 is 12.1. The Balaban J connectivity index is 1.47. The Morgan fingerprint density at radius 1 is 1.15 bits per heavy atom. The number of aromatic nitrogens is 2. The Bertz CT molecular complexity index is 1260. The highest BCUT2D eigenvalue weighted by molar-refractivity contribution is 6.11. The average Bonchev–Trinajstić information content (AvgIpc) is 3.42. The second-order valence-corrected chi connectivity index (χ2v) is 8.84. The molecule has 0 radical (unpaired) electrons. The van der Waals surface area contributed by atoms with E-state index in [2.05, 4.69) is 10.5 Å². The number of nitrogens with one attached hydrogen (secondary N) is 1. The molecule has 4 rings (SSSR count). The van der Waals surface area contributed by atoms with Gasteiger partial charge in [0.05, 0.1) is 13.7 Å². The molecule has 0 aliphatic carbocycles. The number of ether oxygens (including phenoxy) is 1. The first kappa shape index (κ1) is 23.3. The summed E-state index contributed by atoms with van der Waals surface area (Å²) in [4.78, 5) is 39.9. The molecule has 1 atom stereocenters. The van der Waals surface area contributed by atoms with E-state index in [1.165, 1.54) is 0 Å². The third-order valence-electron chi connectivity index (χ3n) is 6.30. The van der Waals surface area contributed by atoms with Crippen molar-refractivity contribution >= 4 is 17.7 Å². The van der Waals surface area contributed by atoms with E-state index in [1.54, 1.807) is 40.0 Å². The molecule has 1 N–H and O–H groups in total. The lowest BCUT2D eigenvalue weighted by Gasteiger charge is -2.21. The van der Waals surface area contributed by atoms with Crippen molar-refractivity contribution in [3.63, 3.8) is 0 Å². The van der Waals surface area contributed by atoms with Crippen molar-refractivity contribution < 1.29 is 23.6 Å². The fourth-order valence-corrected chi connectivity index (χ4v) is 4.33. The molecule has 0 unspecified atom stereocenters. The molecule has 1 saturated heterocycles. The Morgan fingerprint density at radius 2 is 1.85 bits per heavy atom. The predicted molar refractivity (Wildman–Crippen MR) is 124 cm³/mol. The molecule has 1 aliphatic heterocycles. The van der Waals surface area contributed by atoms with Crippen LogP contribution in [-0.2, 0) is 11.2 Å². The third-order valence-corrected chi connectivity index (χ3v) is 6.30. The van der Waals surface area contributed by atoms with Crippen molar-refractivity contribution in [3.05, 3.63) is 64.7 Å². The number of hydrogen-bond donors (Lipinski definition) is 1. The molecule has 9 nitrogen and oxygen atoms in total. The van der Waals surface area contributed by atoms with Gasteiger partial charge in [0.1, 0.15) is 17.0 Å². The minimum absolute atomic E-state index is 0.317. The highest BCUT2D eigenvalue weighted by Crippen LogP contribution is 2.26. The summed E-state index contributed by atoms with van der Waals surface area (Å²) in [6, 6.07) is 10.5. The van der Waals surface area contributed by atoms with Gasteiger partial charge >= 0.3 is 6.03 Å². The van der Waals surface area contributed by atoms with Gasteiger partial charge in [-0.3, -0.25) is 19.1 Å². The lowest BCUT2D eigenvalue weighted by Crippen LogP contribution is -2.44. The van der Waals surface area contributed by atoms with Crippen molar-refractivity contribution in [2.24, 2.45) is 0 Å². The fourth-order valence-electron chi connectivity index (χ4n) is 4.33. The van der Waals surface area contributed by atoms with Gasteiger partial charge in [-0.25, -0.2) is 4.79 Å². The number of carbonyl (C=O) groups excluding carboxylic acids is 3. The van der Waals surface area contributed by atoms with E-state index in [9.17, 15) is 14.4 Å². The number of urea groups is 1.